The van der Waals surface area contributed by atoms with Crippen LogP contribution in [0.25, 0.3) is 0 Å². The van der Waals surface area contributed by atoms with Gasteiger partial charge < -0.3 is 19.7 Å². The van der Waals surface area contributed by atoms with Crippen molar-refractivity contribution in [2.45, 2.75) is 12.5 Å². The number of imidazole rings is 1. The summed E-state index contributed by atoms with van der Waals surface area (Å²) in [6, 6.07) is 0. The zero-order chi connectivity index (χ0) is 12.0. The summed E-state index contributed by atoms with van der Waals surface area (Å²) >= 11 is 0. The van der Waals surface area contributed by atoms with Crippen molar-refractivity contribution in [2.24, 2.45) is 7.05 Å². The highest BCUT2D eigenvalue weighted by atomic mass is 16.5. The number of carbonyl (C=O) groups excluding carboxylic acids is 1. The fourth-order valence-corrected chi connectivity index (χ4v) is 1.25. The van der Waals surface area contributed by atoms with Crippen LogP contribution in [0, 0.1) is 0 Å². The normalized spacial score (nSPS) is 12.4. The molecule has 1 amide bonds. The van der Waals surface area contributed by atoms with Gasteiger partial charge in [-0.25, -0.2) is 4.98 Å². The molecule has 0 radical (unpaired) electrons. The van der Waals surface area contributed by atoms with E-state index in [0.717, 1.165) is 0 Å². The van der Waals surface area contributed by atoms with Crippen LogP contribution in [0.3, 0.4) is 0 Å². The first-order chi connectivity index (χ1) is 7.63. The van der Waals surface area contributed by atoms with Gasteiger partial charge in [-0.05, 0) is 6.42 Å². The molecule has 90 valence electrons. The zero-order valence-electron chi connectivity index (χ0n) is 9.51. The molecule has 1 unspecified atom stereocenters. The minimum Gasteiger partial charge on any atom is -0.391 e. The average Bonchev–Trinajstić information content (AvgIpc) is 2.65. The summed E-state index contributed by atoms with van der Waals surface area (Å²) in [5.74, 6) is -0.231. The molecular weight excluding hydrogens is 210 g/mol. The number of aliphatic hydroxyl groups is 1. The molecule has 0 aliphatic heterocycles. The molecule has 16 heavy (non-hydrogen) atoms. The van der Waals surface area contributed by atoms with Gasteiger partial charge in [-0.3, -0.25) is 4.79 Å². The molecule has 0 saturated carbocycles. The monoisotopic (exact) mass is 227 g/mol. The van der Waals surface area contributed by atoms with Crippen molar-refractivity contribution in [1.82, 2.24) is 14.9 Å². The Hall–Kier alpha value is -1.40. The molecule has 2 N–H and O–H groups in total. The molecule has 0 aromatic carbocycles. The average molecular weight is 227 g/mol. The number of ether oxygens (including phenoxy) is 1. The van der Waals surface area contributed by atoms with Gasteiger partial charge in [-0.15, -0.1) is 0 Å². The lowest BCUT2D eigenvalue weighted by atomic mass is 10.2. The van der Waals surface area contributed by atoms with E-state index in [1.165, 1.54) is 7.11 Å². The van der Waals surface area contributed by atoms with Crippen molar-refractivity contribution >= 4 is 5.91 Å². The van der Waals surface area contributed by atoms with Crippen LogP contribution >= 0.6 is 0 Å². The van der Waals surface area contributed by atoms with Crippen LogP contribution in [0.15, 0.2) is 12.5 Å². The Morgan fingerprint density at radius 3 is 3.06 bits per heavy atom. The number of methoxy groups -OCH3 is 1. The largest absolute Gasteiger partial charge is 0.391 e. The van der Waals surface area contributed by atoms with Crippen molar-refractivity contribution in [3.8, 4) is 0 Å². The highest BCUT2D eigenvalue weighted by Gasteiger charge is 2.09. The number of aliphatic hydroxyl groups excluding tert-OH is 1. The Kier molecular flexibility index (Phi) is 4.94. The lowest BCUT2D eigenvalue weighted by Crippen LogP contribution is -2.28. The predicted octanol–water partition coefficient (Wildman–Crippen LogP) is -0.453. The number of rotatable bonds is 6. The number of hydrogen-bond donors (Lipinski definition) is 2. The van der Waals surface area contributed by atoms with Gasteiger partial charge in [0.05, 0.1) is 19.0 Å². The van der Waals surface area contributed by atoms with E-state index in [1.54, 1.807) is 24.1 Å². The molecule has 0 spiro atoms. The van der Waals surface area contributed by atoms with Crippen LogP contribution in [-0.4, -0.2) is 46.9 Å². The van der Waals surface area contributed by atoms with Crippen LogP contribution < -0.4 is 5.32 Å². The molecule has 0 aliphatic carbocycles. The van der Waals surface area contributed by atoms with Gasteiger partial charge in [0.25, 0.3) is 5.91 Å². The Balaban J connectivity index is 2.25. The minimum absolute atomic E-state index is 0.231. The summed E-state index contributed by atoms with van der Waals surface area (Å²) in [6.07, 6.45) is 3.12. The van der Waals surface area contributed by atoms with E-state index in [4.69, 9.17) is 4.74 Å². The fourth-order valence-electron chi connectivity index (χ4n) is 1.25. The minimum atomic E-state index is -0.547. The van der Waals surface area contributed by atoms with Crippen molar-refractivity contribution < 1.29 is 14.6 Å². The quantitative estimate of drug-likeness (QED) is 0.690. The molecule has 1 heterocycles. The van der Waals surface area contributed by atoms with Gasteiger partial charge in [-0.2, -0.15) is 0 Å². The maximum Gasteiger partial charge on any atom is 0.271 e. The molecule has 1 aromatic heterocycles. The third kappa shape index (κ3) is 4.00. The second-order valence-electron chi connectivity index (χ2n) is 3.58. The Bertz CT molecular complexity index is 338. The molecular formula is C10H17N3O3. The van der Waals surface area contributed by atoms with E-state index in [0.29, 0.717) is 18.7 Å². The smallest absolute Gasteiger partial charge is 0.271 e. The van der Waals surface area contributed by atoms with Gasteiger partial charge in [-0.1, -0.05) is 0 Å². The van der Waals surface area contributed by atoms with Crippen LogP contribution in [0.1, 0.15) is 16.9 Å². The van der Waals surface area contributed by atoms with Gasteiger partial charge in [0.2, 0.25) is 0 Å². The SMILES string of the molecule is COCC(O)CCNC(=O)c1cn(C)cn1. The van der Waals surface area contributed by atoms with Crippen LogP contribution in [-0.2, 0) is 11.8 Å². The first kappa shape index (κ1) is 12.7. The summed E-state index contributed by atoms with van der Waals surface area (Å²) in [4.78, 5) is 15.4. The van der Waals surface area contributed by atoms with Gasteiger partial charge >= 0.3 is 0 Å². The Morgan fingerprint density at radius 1 is 1.75 bits per heavy atom. The summed E-state index contributed by atoms with van der Waals surface area (Å²) in [5, 5.41) is 12.0. The number of aryl methyl sites for hydroxylation is 1. The lowest BCUT2D eigenvalue weighted by Gasteiger charge is -2.09. The lowest BCUT2D eigenvalue weighted by molar-refractivity contribution is 0.0587. The van der Waals surface area contributed by atoms with Gasteiger partial charge in [0, 0.05) is 26.9 Å². The molecule has 6 heteroatoms. The van der Waals surface area contributed by atoms with Gasteiger partial charge in [0.1, 0.15) is 5.69 Å². The zero-order valence-corrected chi connectivity index (χ0v) is 9.51. The second kappa shape index (κ2) is 6.24. The van der Waals surface area contributed by atoms with Crippen molar-refractivity contribution in [3.63, 3.8) is 0 Å². The third-order valence-electron chi connectivity index (χ3n) is 2.06. The maximum atomic E-state index is 11.5. The van der Waals surface area contributed by atoms with Crippen molar-refractivity contribution in [3.05, 3.63) is 18.2 Å². The molecule has 0 fully saturated rings. The standard InChI is InChI=1S/C10H17N3O3/c1-13-5-9(12-7-13)10(15)11-4-3-8(14)6-16-2/h5,7-8,14H,3-4,6H2,1-2H3,(H,11,15). The molecule has 0 aliphatic rings. The summed E-state index contributed by atoms with van der Waals surface area (Å²) in [5.41, 5.74) is 0.378. The van der Waals surface area contributed by atoms with E-state index in [2.05, 4.69) is 10.3 Å². The number of amides is 1. The predicted molar refractivity (Wildman–Crippen MR) is 58.0 cm³/mol. The molecule has 1 aromatic rings. The van der Waals surface area contributed by atoms with E-state index in [-0.39, 0.29) is 12.5 Å². The summed E-state index contributed by atoms with van der Waals surface area (Å²) < 4.78 is 6.47. The number of hydrogen-bond acceptors (Lipinski definition) is 4. The number of aromatic nitrogens is 2. The number of nitrogens with zero attached hydrogens (tertiary/aromatic N) is 2. The van der Waals surface area contributed by atoms with E-state index < -0.39 is 6.10 Å². The number of nitrogens with one attached hydrogen (secondary N) is 1. The number of carbonyl (C=O) groups is 1. The molecule has 1 atom stereocenters. The maximum absolute atomic E-state index is 11.5. The first-order valence-electron chi connectivity index (χ1n) is 5.06. The van der Waals surface area contributed by atoms with E-state index in [1.807, 2.05) is 0 Å². The third-order valence-corrected chi connectivity index (χ3v) is 2.06. The second-order valence-corrected chi connectivity index (χ2v) is 3.58. The van der Waals surface area contributed by atoms with Crippen LogP contribution in [0.5, 0.6) is 0 Å². The molecule has 6 nitrogen and oxygen atoms in total. The topological polar surface area (TPSA) is 76.4 Å². The highest BCUT2D eigenvalue weighted by Crippen LogP contribution is 1.95. The van der Waals surface area contributed by atoms with Crippen molar-refractivity contribution in [1.29, 1.82) is 0 Å². The highest BCUT2D eigenvalue weighted by molar-refractivity contribution is 5.91. The van der Waals surface area contributed by atoms with E-state index >= 15 is 0 Å². The summed E-state index contributed by atoms with van der Waals surface area (Å²) in [6.45, 7) is 0.680. The van der Waals surface area contributed by atoms with E-state index in [9.17, 15) is 9.90 Å². The van der Waals surface area contributed by atoms with Crippen LogP contribution in [0.2, 0.25) is 0 Å². The molecule has 1 rings (SSSR count). The first-order valence-corrected chi connectivity index (χ1v) is 5.06. The molecule has 0 saturated heterocycles. The van der Waals surface area contributed by atoms with Crippen LogP contribution in [0.4, 0.5) is 0 Å². The fraction of sp³-hybridized carbons (Fsp3) is 0.600. The Labute approximate surface area is 94.2 Å². The molecule has 0 bridgehead atoms. The summed E-state index contributed by atoms with van der Waals surface area (Å²) in [7, 11) is 3.32. The van der Waals surface area contributed by atoms with Gasteiger partial charge in [0.15, 0.2) is 0 Å². The Morgan fingerprint density at radius 2 is 2.50 bits per heavy atom. The van der Waals surface area contributed by atoms with Crippen molar-refractivity contribution in [2.75, 3.05) is 20.3 Å².